The first-order valence-electron chi connectivity index (χ1n) is 7.00. The van der Waals surface area contributed by atoms with E-state index in [2.05, 4.69) is 10.1 Å². The number of nitrogens with two attached hydrogens (primary N) is 1. The number of anilines is 2. The average Bonchev–Trinajstić information content (AvgIpc) is 2.60. The molecule has 0 heterocycles. The Hall–Kier alpha value is -3.35. The maximum atomic E-state index is 11.8. The zero-order valence-electron chi connectivity index (χ0n) is 12.9. The number of amides is 1. The number of hydrogen-bond donors (Lipinski definition) is 2. The Labute approximate surface area is 138 Å². The standard InChI is InChI=1S/C17H16N2O5/c1-23-16(21)11-4-8-14(9-5-11)19-15(20)10-24-17(22)12-2-6-13(18)7-3-12/h2-9H,10,18H2,1H3,(H,19,20). The van der Waals surface area contributed by atoms with Crippen molar-refractivity contribution in [2.75, 3.05) is 24.8 Å². The highest BCUT2D eigenvalue weighted by Crippen LogP contribution is 2.11. The fourth-order valence-corrected chi connectivity index (χ4v) is 1.84. The van der Waals surface area contributed by atoms with Crippen LogP contribution >= 0.6 is 0 Å². The number of ether oxygens (including phenoxy) is 2. The zero-order chi connectivity index (χ0) is 17.5. The van der Waals surface area contributed by atoms with Crippen LogP contribution in [0.25, 0.3) is 0 Å². The molecule has 3 N–H and O–H groups in total. The minimum absolute atomic E-state index is 0.305. The Morgan fingerprint density at radius 2 is 1.46 bits per heavy atom. The first-order valence-corrected chi connectivity index (χ1v) is 7.00. The monoisotopic (exact) mass is 328 g/mol. The number of hydrogen-bond acceptors (Lipinski definition) is 6. The molecule has 0 atom stereocenters. The van der Waals surface area contributed by atoms with Crippen molar-refractivity contribution < 1.29 is 23.9 Å². The van der Waals surface area contributed by atoms with Gasteiger partial charge in [-0.15, -0.1) is 0 Å². The Bertz CT molecular complexity index is 739. The molecule has 0 aliphatic rings. The molecule has 0 aliphatic carbocycles. The van der Waals surface area contributed by atoms with Crippen molar-refractivity contribution in [3.8, 4) is 0 Å². The highest BCUT2D eigenvalue weighted by Gasteiger charge is 2.11. The molecule has 0 bridgehead atoms. The molecule has 0 fully saturated rings. The van der Waals surface area contributed by atoms with Crippen LogP contribution in [0.15, 0.2) is 48.5 Å². The molecule has 0 saturated carbocycles. The number of nitrogen functional groups attached to an aromatic ring is 1. The smallest absolute Gasteiger partial charge is 0.338 e. The molecule has 0 spiro atoms. The van der Waals surface area contributed by atoms with Crippen LogP contribution in [0.3, 0.4) is 0 Å². The molecule has 7 heteroatoms. The molecule has 7 nitrogen and oxygen atoms in total. The maximum Gasteiger partial charge on any atom is 0.338 e. The third-order valence-electron chi connectivity index (χ3n) is 3.07. The lowest BCUT2D eigenvalue weighted by Crippen LogP contribution is -2.21. The van der Waals surface area contributed by atoms with Crippen molar-refractivity contribution in [2.45, 2.75) is 0 Å². The van der Waals surface area contributed by atoms with Gasteiger partial charge in [0.05, 0.1) is 18.2 Å². The third-order valence-corrected chi connectivity index (χ3v) is 3.07. The first kappa shape index (κ1) is 17.0. The van der Waals surface area contributed by atoms with Gasteiger partial charge in [0.15, 0.2) is 6.61 Å². The van der Waals surface area contributed by atoms with E-state index in [4.69, 9.17) is 10.5 Å². The topological polar surface area (TPSA) is 108 Å². The van der Waals surface area contributed by atoms with E-state index in [0.29, 0.717) is 22.5 Å². The van der Waals surface area contributed by atoms with Crippen molar-refractivity contribution in [2.24, 2.45) is 0 Å². The fourth-order valence-electron chi connectivity index (χ4n) is 1.84. The van der Waals surface area contributed by atoms with Gasteiger partial charge in [0.1, 0.15) is 0 Å². The zero-order valence-corrected chi connectivity index (χ0v) is 12.9. The van der Waals surface area contributed by atoms with Crippen LogP contribution in [0, 0.1) is 0 Å². The second-order valence-electron chi connectivity index (χ2n) is 4.82. The molecule has 2 aromatic rings. The number of carbonyl (C=O) groups excluding carboxylic acids is 3. The van der Waals surface area contributed by atoms with Crippen LogP contribution in [-0.2, 0) is 14.3 Å². The van der Waals surface area contributed by atoms with Crippen LogP contribution in [0.5, 0.6) is 0 Å². The largest absolute Gasteiger partial charge is 0.465 e. The summed E-state index contributed by atoms with van der Waals surface area (Å²) in [4.78, 5) is 34.9. The van der Waals surface area contributed by atoms with Gasteiger partial charge >= 0.3 is 11.9 Å². The minimum atomic E-state index is -0.619. The lowest BCUT2D eigenvalue weighted by molar-refractivity contribution is -0.119. The molecule has 0 aromatic heterocycles. The molecule has 124 valence electrons. The first-order chi connectivity index (χ1) is 11.5. The van der Waals surface area contributed by atoms with Gasteiger partial charge in [-0.3, -0.25) is 4.79 Å². The Kier molecular flexibility index (Phi) is 5.51. The fraction of sp³-hybridized carbons (Fsp3) is 0.118. The summed E-state index contributed by atoms with van der Waals surface area (Å²) in [5, 5.41) is 2.55. The normalized spacial score (nSPS) is 9.88. The lowest BCUT2D eigenvalue weighted by atomic mass is 10.2. The summed E-state index contributed by atoms with van der Waals surface area (Å²) in [6, 6.07) is 12.3. The maximum absolute atomic E-state index is 11.8. The quantitative estimate of drug-likeness (QED) is 0.640. The van der Waals surface area contributed by atoms with E-state index in [1.165, 1.54) is 31.4 Å². The number of methoxy groups -OCH3 is 1. The van der Waals surface area contributed by atoms with Gasteiger partial charge in [0.25, 0.3) is 5.91 Å². The molecular formula is C17H16N2O5. The summed E-state index contributed by atoms with van der Waals surface area (Å²) < 4.78 is 9.50. The third kappa shape index (κ3) is 4.57. The summed E-state index contributed by atoms with van der Waals surface area (Å²) in [6.45, 7) is -0.429. The second-order valence-corrected chi connectivity index (χ2v) is 4.82. The Balaban J connectivity index is 1.85. The SMILES string of the molecule is COC(=O)c1ccc(NC(=O)COC(=O)c2ccc(N)cc2)cc1. The van der Waals surface area contributed by atoms with Crippen molar-refractivity contribution in [1.82, 2.24) is 0 Å². The number of benzene rings is 2. The van der Waals surface area contributed by atoms with Crippen LogP contribution in [-0.4, -0.2) is 31.6 Å². The second kappa shape index (κ2) is 7.77. The van der Waals surface area contributed by atoms with Crippen molar-refractivity contribution >= 4 is 29.2 Å². The number of nitrogens with one attached hydrogen (secondary N) is 1. The molecule has 0 aliphatic heterocycles. The predicted octanol–water partition coefficient (Wildman–Crippen LogP) is 1.85. The molecule has 24 heavy (non-hydrogen) atoms. The van der Waals surface area contributed by atoms with Gasteiger partial charge < -0.3 is 20.5 Å². The number of esters is 2. The Morgan fingerprint density at radius 1 is 0.917 bits per heavy atom. The van der Waals surface area contributed by atoms with Gasteiger partial charge in [-0.1, -0.05) is 0 Å². The van der Waals surface area contributed by atoms with E-state index in [-0.39, 0.29) is 0 Å². The summed E-state index contributed by atoms with van der Waals surface area (Å²) in [5.41, 5.74) is 7.20. The van der Waals surface area contributed by atoms with Gasteiger partial charge in [-0.2, -0.15) is 0 Å². The molecular weight excluding hydrogens is 312 g/mol. The summed E-state index contributed by atoms with van der Waals surface area (Å²) in [7, 11) is 1.29. The van der Waals surface area contributed by atoms with Crippen molar-refractivity contribution in [3.05, 3.63) is 59.7 Å². The summed E-state index contributed by atoms with van der Waals surface area (Å²) >= 11 is 0. The van der Waals surface area contributed by atoms with E-state index in [9.17, 15) is 14.4 Å². The van der Waals surface area contributed by atoms with Gasteiger partial charge in [-0.05, 0) is 48.5 Å². The highest BCUT2D eigenvalue weighted by molar-refractivity contribution is 5.96. The van der Waals surface area contributed by atoms with E-state index < -0.39 is 24.5 Å². The van der Waals surface area contributed by atoms with Gasteiger partial charge in [0, 0.05) is 11.4 Å². The van der Waals surface area contributed by atoms with E-state index in [0.717, 1.165) is 0 Å². The summed E-state index contributed by atoms with van der Waals surface area (Å²) in [6.07, 6.45) is 0. The highest BCUT2D eigenvalue weighted by atomic mass is 16.5. The van der Waals surface area contributed by atoms with E-state index >= 15 is 0 Å². The molecule has 2 aromatic carbocycles. The molecule has 0 radical (unpaired) electrons. The van der Waals surface area contributed by atoms with E-state index in [1.54, 1.807) is 24.3 Å². The lowest BCUT2D eigenvalue weighted by Gasteiger charge is -2.07. The molecule has 1 amide bonds. The predicted molar refractivity (Wildman–Crippen MR) is 87.5 cm³/mol. The van der Waals surface area contributed by atoms with Crippen molar-refractivity contribution in [1.29, 1.82) is 0 Å². The number of rotatable bonds is 5. The van der Waals surface area contributed by atoms with Crippen LogP contribution in [0.2, 0.25) is 0 Å². The molecule has 0 saturated heterocycles. The minimum Gasteiger partial charge on any atom is -0.465 e. The van der Waals surface area contributed by atoms with Crippen LogP contribution < -0.4 is 11.1 Å². The van der Waals surface area contributed by atoms with E-state index in [1.807, 2.05) is 0 Å². The van der Waals surface area contributed by atoms with Gasteiger partial charge in [-0.25, -0.2) is 9.59 Å². The van der Waals surface area contributed by atoms with Crippen LogP contribution in [0.1, 0.15) is 20.7 Å². The van der Waals surface area contributed by atoms with Crippen LogP contribution in [0.4, 0.5) is 11.4 Å². The molecule has 2 rings (SSSR count). The van der Waals surface area contributed by atoms with Gasteiger partial charge in [0.2, 0.25) is 0 Å². The molecule has 0 unspecified atom stereocenters. The number of carbonyl (C=O) groups is 3. The average molecular weight is 328 g/mol. The summed E-state index contributed by atoms with van der Waals surface area (Å²) in [5.74, 6) is -1.58. The van der Waals surface area contributed by atoms with Crippen molar-refractivity contribution in [3.63, 3.8) is 0 Å². The Morgan fingerprint density at radius 3 is 2.04 bits per heavy atom.